The first kappa shape index (κ1) is 24.6. The standard InChI is InChI=1S/C24H15Br2IN2O5/c1-13-7-16(5-6-20(13)27)23-28-21(24(30)34-23)11-15-9-18(25)22(19(26)10-15)33-12-14-3-2-4-17(8-14)29(31)32/h2-11H,12H2,1H3/b21-11-. The maximum absolute atomic E-state index is 12.4. The van der Waals surface area contributed by atoms with Crippen LogP contribution in [0.3, 0.4) is 0 Å². The van der Waals surface area contributed by atoms with Gasteiger partial charge in [-0.2, -0.15) is 0 Å². The highest BCUT2D eigenvalue weighted by Gasteiger charge is 2.24. The monoisotopic (exact) mass is 696 g/mol. The number of nitro groups is 1. The molecule has 0 aromatic heterocycles. The van der Waals surface area contributed by atoms with Crippen molar-refractivity contribution in [1.29, 1.82) is 0 Å². The number of benzene rings is 3. The van der Waals surface area contributed by atoms with Gasteiger partial charge >= 0.3 is 5.97 Å². The number of non-ortho nitro benzene ring substituents is 1. The summed E-state index contributed by atoms with van der Waals surface area (Å²) < 4.78 is 13.6. The molecule has 3 aromatic rings. The molecule has 0 aliphatic carbocycles. The summed E-state index contributed by atoms with van der Waals surface area (Å²) in [5.74, 6) is 0.274. The maximum Gasteiger partial charge on any atom is 0.363 e. The molecule has 0 bridgehead atoms. The van der Waals surface area contributed by atoms with Crippen LogP contribution in [0.4, 0.5) is 5.69 Å². The first-order chi connectivity index (χ1) is 16.2. The van der Waals surface area contributed by atoms with Crippen LogP contribution in [0, 0.1) is 20.6 Å². The van der Waals surface area contributed by atoms with E-state index in [2.05, 4.69) is 59.4 Å². The summed E-state index contributed by atoms with van der Waals surface area (Å²) in [7, 11) is 0. The molecule has 0 atom stereocenters. The molecule has 10 heteroatoms. The molecule has 0 spiro atoms. The van der Waals surface area contributed by atoms with Gasteiger partial charge in [0, 0.05) is 21.3 Å². The van der Waals surface area contributed by atoms with Crippen molar-refractivity contribution in [2.45, 2.75) is 13.5 Å². The number of esters is 1. The van der Waals surface area contributed by atoms with Gasteiger partial charge in [-0.3, -0.25) is 10.1 Å². The highest BCUT2D eigenvalue weighted by atomic mass is 127. The first-order valence-corrected chi connectivity index (χ1v) is 12.5. The van der Waals surface area contributed by atoms with Gasteiger partial charge in [0.15, 0.2) is 5.70 Å². The minimum absolute atomic E-state index is 0.00461. The molecule has 0 saturated carbocycles. The van der Waals surface area contributed by atoms with Gasteiger partial charge in [-0.15, -0.1) is 0 Å². The van der Waals surface area contributed by atoms with Crippen LogP contribution in [-0.4, -0.2) is 16.8 Å². The average molecular weight is 698 g/mol. The molecule has 3 aromatic carbocycles. The highest BCUT2D eigenvalue weighted by molar-refractivity contribution is 14.1. The van der Waals surface area contributed by atoms with E-state index in [4.69, 9.17) is 9.47 Å². The minimum atomic E-state index is -0.524. The number of hydrogen-bond donors (Lipinski definition) is 0. The number of carbonyl (C=O) groups excluding carboxylic acids is 1. The fourth-order valence-electron chi connectivity index (χ4n) is 3.18. The third kappa shape index (κ3) is 5.56. The zero-order valence-electron chi connectivity index (χ0n) is 17.6. The zero-order valence-corrected chi connectivity index (χ0v) is 22.9. The SMILES string of the molecule is Cc1cc(C2=N/C(=C\c3cc(Br)c(OCc4cccc([N+](=O)[O-])c4)c(Br)c3)C(=O)O2)ccc1I. The van der Waals surface area contributed by atoms with Gasteiger partial charge in [-0.25, -0.2) is 9.79 Å². The number of rotatable bonds is 6. The fourth-order valence-corrected chi connectivity index (χ4v) is 4.97. The minimum Gasteiger partial charge on any atom is -0.487 e. The van der Waals surface area contributed by atoms with E-state index in [-0.39, 0.29) is 23.9 Å². The second kappa shape index (κ2) is 10.4. The van der Waals surface area contributed by atoms with Crippen molar-refractivity contribution in [3.63, 3.8) is 0 Å². The summed E-state index contributed by atoms with van der Waals surface area (Å²) in [6.07, 6.45) is 1.63. The molecule has 1 heterocycles. The molecule has 0 unspecified atom stereocenters. The Balaban J connectivity index is 1.55. The van der Waals surface area contributed by atoms with E-state index >= 15 is 0 Å². The van der Waals surface area contributed by atoms with Crippen molar-refractivity contribution in [2.24, 2.45) is 4.99 Å². The third-order valence-electron chi connectivity index (χ3n) is 4.85. The Labute approximate surface area is 225 Å². The second-order valence-electron chi connectivity index (χ2n) is 7.33. The highest BCUT2D eigenvalue weighted by Crippen LogP contribution is 2.36. The van der Waals surface area contributed by atoms with Crippen molar-refractivity contribution in [3.8, 4) is 5.75 Å². The van der Waals surface area contributed by atoms with Gasteiger partial charge in [0.05, 0.1) is 13.9 Å². The predicted molar refractivity (Wildman–Crippen MR) is 144 cm³/mol. The molecule has 1 aliphatic heterocycles. The molecule has 0 N–H and O–H groups in total. The number of ether oxygens (including phenoxy) is 2. The number of nitro benzene ring substituents is 1. The van der Waals surface area contributed by atoms with Crippen molar-refractivity contribution in [2.75, 3.05) is 0 Å². The topological polar surface area (TPSA) is 91.0 Å². The van der Waals surface area contributed by atoms with E-state index in [0.717, 1.165) is 14.7 Å². The van der Waals surface area contributed by atoms with Crippen LogP contribution < -0.4 is 4.74 Å². The van der Waals surface area contributed by atoms with Crippen molar-refractivity contribution in [1.82, 2.24) is 0 Å². The Hall–Kier alpha value is -2.57. The Morgan fingerprint density at radius 1 is 1.15 bits per heavy atom. The molecule has 0 fully saturated rings. The number of aliphatic imine (C=N–C) groups is 1. The van der Waals surface area contributed by atoms with Crippen molar-refractivity contribution >= 4 is 78.1 Å². The summed E-state index contributed by atoms with van der Waals surface area (Å²) in [6, 6.07) is 15.6. The summed E-state index contributed by atoms with van der Waals surface area (Å²) in [6.45, 7) is 2.13. The largest absolute Gasteiger partial charge is 0.487 e. The van der Waals surface area contributed by atoms with E-state index in [1.165, 1.54) is 12.1 Å². The average Bonchev–Trinajstić information content (AvgIpc) is 3.15. The number of halogens is 3. The lowest BCUT2D eigenvalue weighted by Crippen LogP contribution is -2.05. The van der Waals surface area contributed by atoms with Crippen LogP contribution in [0.25, 0.3) is 6.08 Å². The summed E-state index contributed by atoms with van der Waals surface area (Å²) in [4.78, 5) is 27.3. The molecule has 172 valence electrons. The molecule has 7 nitrogen and oxygen atoms in total. The molecule has 0 radical (unpaired) electrons. The number of hydrogen-bond acceptors (Lipinski definition) is 6. The van der Waals surface area contributed by atoms with Gasteiger partial charge in [-0.05, 0) is 114 Å². The number of cyclic esters (lactones) is 1. The summed E-state index contributed by atoms with van der Waals surface area (Å²) in [5.41, 5.74) is 3.38. The summed E-state index contributed by atoms with van der Waals surface area (Å²) in [5, 5.41) is 11.0. The van der Waals surface area contributed by atoms with E-state index in [1.807, 2.05) is 25.1 Å². The van der Waals surface area contributed by atoms with E-state index < -0.39 is 10.9 Å². The molecule has 1 aliphatic rings. The lowest BCUT2D eigenvalue weighted by molar-refractivity contribution is -0.384. The molecule has 34 heavy (non-hydrogen) atoms. The Morgan fingerprint density at radius 2 is 1.88 bits per heavy atom. The zero-order chi connectivity index (χ0) is 24.4. The second-order valence-corrected chi connectivity index (χ2v) is 10.2. The van der Waals surface area contributed by atoms with Crippen LogP contribution >= 0.6 is 54.5 Å². The lowest BCUT2D eigenvalue weighted by atomic mass is 10.1. The van der Waals surface area contributed by atoms with Gasteiger partial charge in [0.25, 0.3) is 5.69 Å². The normalized spacial score (nSPS) is 14.2. The van der Waals surface area contributed by atoms with Gasteiger partial charge in [0.1, 0.15) is 12.4 Å². The first-order valence-electron chi connectivity index (χ1n) is 9.85. The molecular weight excluding hydrogens is 683 g/mol. The molecule has 0 saturated heterocycles. The number of carbonyl (C=O) groups is 1. The fraction of sp³-hybridized carbons (Fsp3) is 0.0833. The lowest BCUT2D eigenvalue weighted by Gasteiger charge is -2.11. The smallest absolute Gasteiger partial charge is 0.363 e. The number of nitrogens with zero attached hydrogens (tertiary/aromatic N) is 2. The Morgan fingerprint density at radius 3 is 2.56 bits per heavy atom. The predicted octanol–water partition coefficient (Wildman–Crippen LogP) is 6.96. The third-order valence-corrected chi connectivity index (χ3v) is 7.24. The summed E-state index contributed by atoms with van der Waals surface area (Å²) >= 11 is 9.23. The van der Waals surface area contributed by atoms with Crippen LogP contribution in [0.5, 0.6) is 5.75 Å². The van der Waals surface area contributed by atoms with Gasteiger partial charge < -0.3 is 9.47 Å². The molecule has 4 rings (SSSR count). The Kier molecular flexibility index (Phi) is 7.48. The number of aryl methyl sites for hydroxylation is 1. The van der Waals surface area contributed by atoms with Crippen LogP contribution in [0.1, 0.15) is 22.3 Å². The van der Waals surface area contributed by atoms with E-state index in [1.54, 1.807) is 30.3 Å². The Bertz CT molecular complexity index is 1360. The van der Waals surface area contributed by atoms with Crippen LogP contribution in [-0.2, 0) is 16.1 Å². The van der Waals surface area contributed by atoms with Gasteiger partial charge in [0.2, 0.25) is 5.90 Å². The molecular formula is C24H15Br2IN2O5. The quantitative estimate of drug-likeness (QED) is 0.0914. The van der Waals surface area contributed by atoms with Gasteiger partial charge in [-0.1, -0.05) is 12.1 Å². The van der Waals surface area contributed by atoms with E-state index in [0.29, 0.717) is 25.8 Å². The van der Waals surface area contributed by atoms with Crippen molar-refractivity contribution < 1.29 is 19.2 Å². The van der Waals surface area contributed by atoms with Crippen LogP contribution in [0.2, 0.25) is 0 Å². The molecule has 0 amide bonds. The van der Waals surface area contributed by atoms with Crippen molar-refractivity contribution in [3.05, 3.63) is 105 Å². The van der Waals surface area contributed by atoms with E-state index in [9.17, 15) is 14.9 Å². The van der Waals surface area contributed by atoms with Crippen LogP contribution in [0.15, 0.2) is 74.2 Å². The maximum atomic E-state index is 12.4.